The zero-order valence-electron chi connectivity index (χ0n) is 19.8. The molecule has 4 aromatic rings. The highest BCUT2D eigenvalue weighted by molar-refractivity contribution is 6.34. The van der Waals surface area contributed by atoms with Gasteiger partial charge in [0, 0.05) is 13.1 Å². The summed E-state index contributed by atoms with van der Waals surface area (Å²) >= 11 is 0. The van der Waals surface area contributed by atoms with Gasteiger partial charge in [0.25, 0.3) is 23.6 Å². The molecule has 0 bridgehead atoms. The maximum atomic E-state index is 13.3. The predicted octanol–water partition coefficient (Wildman–Crippen LogP) is 5.10. The van der Waals surface area contributed by atoms with E-state index in [9.17, 15) is 19.2 Å². The van der Waals surface area contributed by atoms with Crippen LogP contribution in [-0.2, 0) is 6.42 Å². The number of para-hydroxylation sites is 1. The quantitative estimate of drug-likeness (QED) is 0.365. The molecule has 0 aliphatic carbocycles. The normalized spacial score (nSPS) is 14.3. The van der Waals surface area contributed by atoms with Crippen molar-refractivity contribution in [1.29, 1.82) is 0 Å². The van der Waals surface area contributed by atoms with Gasteiger partial charge in [-0.2, -0.15) is 0 Å². The van der Waals surface area contributed by atoms with Crippen LogP contribution < -0.4 is 9.64 Å². The molecular formula is C30H20N2O5. The first-order chi connectivity index (χ1) is 17.9. The summed E-state index contributed by atoms with van der Waals surface area (Å²) in [5, 5.41) is 0. The van der Waals surface area contributed by atoms with Crippen molar-refractivity contribution in [1.82, 2.24) is 4.90 Å². The van der Waals surface area contributed by atoms with Crippen LogP contribution in [0, 0.1) is 0 Å². The predicted molar refractivity (Wildman–Crippen MR) is 136 cm³/mol. The summed E-state index contributed by atoms with van der Waals surface area (Å²) in [6.45, 7) is 0. The summed E-state index contributed by atoms with van der Waals surface area (Å²) in [6, 6.07) is 26.5. The van der Waals surface area contributed by atoms with Crippen LogP contribution in [0.15, 0.2) is 91.0 Å². The Hall–Kier alpha value is -5.04. The van der Waals surface area contributed by atoms with Gasteiger partial charge in [0.15, 0.2) is 0 Å². The molecule has 7 nitrogen and oxygen atoms in total. The smallest absolute Gasteiger partial charge is 0.266 e. The van der Waals surface area contributed by atoms with E-state index >= 15 is 0 Å². The molecule has 180 valence electrons. The first kappa shape index (κ1) is 22.4. The van der Waals surface area contributed by atoms with Gasteiger partial charge in [-0.25, -0.2) is 4.90 Å². The third-order valence-corrected chi connectivity index (χ3v) is 6.57. The second-order valence-electron chi connectivity index (χ2n) is 8.96. The van der Waals surface area contributed by atoms with Crippen molar-refractivity contribution in [3.8, 4) is 11.5 Å². The van der Waals surface area contributed by atoms with E-state index < -0.39 is 11.8 Å². The lowest BCUT2D eigenvalue weighted by atomic mass is 9.98. The van der Waals surface area contributed by atoms with Gasteiger partial charge in [-0.15, -0.1) is 0 Å². The number of anilines is 1. The zero-order valence-corrected chi connectivity index (χ0v) is 19.8. The minimum atomic E-state index is -0.407. The van der Waals surface area contributed by atoms with Crippen LogP contribution in [-0.4, -0.2) is 35.6 Å². The van der Waals surface area contributed by atoms with Gasteiger partial charge in [0.1, 0.15) is 11.5 Å². The van der Waals surface area contributed by atoms with Crippen LogP contribution in [0.4, 0.5) is 5.69 Å². The standard InChI is InChI=1S/C30H20N2O5/c1-31-27(33)23-12-10-18(15-25(23)28(31)34)14-19-11-13-24-26(16-19)30(36)32(29(24)35)20-6-5-9-22(17-20)37-21-7-3-2-4-8-21/h2-13,15-17H,14H2,1H3. The SMILES string of the molecule is CN1C(=O)c2ccc(Cc3ccc4c(c3)C(=O)N(c3cccc(Oc5ccccc5)c3)C4=O)cc2C1=O. The molecule has 0 aromatic heterocycles. The van der Waals surface area contributed by atoms with Gasteiger partial charge in [-0.3, -0.25) is 24.1 Å². The Balaban J connectivity index is 1.26. The summed E-state index contributed by atoms with van der Waals surface area (Å²) in [6.07, 6.45) is 0.438. The summed E-state index contributed by atoms with van der Waals surface area (Å²) in [5.41, 5.74) is 3.49. The lowest BCUT2D eigenvalue weighted by Gasteiger charge is -2.15. The van der Waals surface area contributed by atoms with Gasteiger partial charge in [0.05, 0.1) is 27.9 Å². The number of rotatable bonds is 5. The molecule has 4 amide bonds. The molecule has 0 spiro atoms. The Kier molecular flexibility index (Phi) is 5.19. The molecule has 2 aliphatic rings. The van der Waals surface area contributed by atoms with E-state index in [1.165, 1.54) is 7.05 Å². The maximum absolute atomic E-state index is 13.3. The van der Waals surface area contributed by atoms with Crippen molar-refractivity contribution in [3.05, 3.63) is 124 Å². The number of amides is 4. The van der Waals surface area contributed by atoms with E-state index in [1.807, 2.05) is 30.3 Å². The lowest BCUT2D eigenvalue weighted by molar-refractivity contribution is 0.0692. The van der Waals surface area contributed by atoms with Gasteiger partial charge < -0.3 is 4.74 Å². The lowest BCUT2D eigenvalue weighted by Crippen LogP contribution is -2.29. The molecule has 0 unspecified atom stereocenters. The molecular weight excluding hydrogens is 468 g/mol. The third kappa shape index (κ3) is 3.77. The molecule has 2 aliphatic heterocycles. The number of nitrogens with zero attached hydrogens (tertiary/aromatic N) is 2. The van der Waals surface area contributed by atoms with Crippen LogP contribution in [0.25, 0.3) is 0 Å². The van der Waals surface area contributed by atoms with E-state index in [1.54, 1.807) is 60.7 Å². The molecule has 7 heteroatoms. The topological polar surface area (TPSA) is 84.0 Å². The molecule has 0 saturated carbocycles. The van der Waals surface area contributed by atoms with Crippen molar-refractivity contribution in [2.45, 2.75) is 6.42 Å². The number of hydrogen-bond donors (Lipinski definition) is 0. The molecule has 0 N–H and O–H groups in total. The highest BCUT2D eigenvalue weighted by Crippen LogP contribution is 2.33. The van der Waals surface area contributed by atoms with Gasteiger partial charge in [-0.1, -0.05) is 36.4 Å². The minimum absolute atomic E-state index is 0.313. The average Bonchev–Trinajstić information content (AvgIpc) is 3.28. The van der Waals surface area contributed by atoms with E-state index in [0.29, 0.717) is 45.9 Å². The second kappa shape index (κ2) is 8.57. The molecule has 0 radical (unpaired) electrons. The fourth-order valence-electron chi connectivity index (χ4n) is 4.70. The summed E-state index contributed by atoms with van der Waals surface area (Å²) in [4.78, 5) is 53.2. The number of imide groups is 2. The minimum Gasteiger partial charge on any atom is -0.457 e. The zero-order chi connectivity index (χ0) is 25.7. The van der Waals surface area contributed by atoms with E-state index in [4.69, 9.17) is 4.74 Å². The average molecular weight is 488 g/mol. The van der Waals surface area contributed by atoms with Crippen LogP contribution in [0.1, 0.15) is 52.6 Å². The molecule has 0 atom stereocenters. The Morgan fingerprint density at radius 3 is 1.84 bits per heavy atom. The molecule has 4 aromatic carbocycles. The van der Waals surface area contributed by atoms with Crippen LogP contribution in [0.2, 0.25) is 0 Å². The summed E-state index contributed by atoms with van der Waals surface area (Å²) in [7, 11) is 1.46. The third-order valence-electron chi connectivity index (χ3n) is 6.57. The van der Waals surface area contributed by atoms with Crippen LogP contribution >= 0.6 is 0 Å². The fourth-order valence-corrected chi connectivity index (χ4v) is 4.70. The van der Waals surface area contributed by atoms with E-state index in [-0.39, 0.29) is 11.8 Å². The van der Waals surface area contributed by atoms with Crippen LogP contribution in [0.3, 0.4) is 0 Å². The maximum Gasteiger partial charge on any atom is 0.266 e. The van der Waals surface area contributed by atoms with Gasteiger partial charge in [0.2, 0.25) is 0 Å². The Morgan fingerprint density at radius 2 is 1.14 bits per heavy atom. The molecule has 0 fully saturated rings. The highest BCUT2D eigenvalue weighted by atomic mass is 16.5. The first-order valence-electron chi connectivity index (χ1n) is 11.7. The Morgan fingerprint density at radius 1 is 0.568 bits per heavy atom. The number of fused-ring (bicyclic) bond motifs is 2. The van der Waals surface area contributed by atoms with Crippen LogP contribution in [0.5, 0.6) is 11.5 Å². The second-order valence-corrected chi connectivity index (χ2v) is 8.96. The fraction of sp³-hybridized carbons (Fsp3) is 0.0667. The van der Waals surface area contributed by atoms with Crippen molar-refractivity contribution in [2.24, 2.45) is 0 Å². The van der Waals surface area contributed by atoms with Gasteiger partial charge >= 0.3 is 0 Å². The van der Waals surface area contributed by atoms with E-state index in [0.717, 1.165) is 20.9 Å². The summed E-state index contributed by atoms with van der Waals surface area (Å²) in [5.74, 6) is -0.285. The monoisotopic (exact) mass is 488 g/mol. The largest absolute Gasteiger partial charge is 0.457 e. The first-order valence-corrected chi connectivity index (χ1v) is 11.7. The number of hydrogen-bond acceptors (Lipinski definition) is 5. The van der Waals surface area contributed by atoms with Crippen molar-refractivity contribution in [2.75, 3.05) is 11.9 Å². The number of benzene rings is 4. The van der Waals surface area contributed by atoms with Gasteiger partial charge in [-0.05, 0) is 66.1 Å². The molecule has 37 heavy (non-hydrogen) atoms. The molecule has 0 saturated heterocycles. The van der Waals surface area contributed by atoms with Crippen molar-refractivity contribution < 1.29 is 23.9 Å². The molecule has 6 rings (SSSR count). The van der Waals surface area contributed by atoms with Crippen molar-refractivity contribution in [3.63, 3.8) is 0 Å². The van der Waals surface area contributed by atoms with Crippen molar-refractivity contribution >= 4 is 29.3 Å². The molecule has 2 heterocycles. The Bertz CT molecular complexity index is 1630. The summed E-state index contributed by atoms with van der Waals surface area (Å²) < 4.78 is 5.87. The number of ether oxygens (including phenoxy) is 1. The van der Waals surface area contributed by atoms with E-state index in [2.05, 4.69) is 0 Å². The number of carbonyl (C=O) groups excluding carboxylic acids is 4. The Labute approximate surface area is 212 Å². The number of carbonyl (C=O) groups is 4. The highest BCUT2D eigenvalue weighted by Gasteiger charge is 2.37.